The average Bonchev–Trinajstić information content (AvgIpc) is 2.80. The van der Waals surface area contributed by atoms with E-state index < -0.39 is 5.97 Å². The summed E-state index contributed by atoms with van der Waals surface area (Å²) in [7, 11) is 0. The number of carbonyl (C=O) groups is 1. The number of fused-ring (bicyclic) bond motifs is 3. The quantitative estimate of drug-likeness (QED) is 0.680. The molecule has 0 saturated heterocycles. The maximum Gasteiger partial charge on any atom is 0.343 e. The summed E-state index contributed by atoms with van der Waals surface area (Å²) in [5.41, 5.74) is 0.828. The SMILES string of the molecule is CCOC(=O)c1cn2c(cc1=O)-c1c(Cl)c(Br)nn1C[C@H]2C(C)(C)C. The summed E-state index contributed by atoms with van der Waals surface area (Å²) in [4.78, 5) is 24.6. The van der Waals surface area contributed by atoms with Gasteiger partial charge in [0, 0.05) is 12.3 Å². The molecular formula is C17H19BrClN3O3. The number of ether oxygens (including phenoxy) is 1. The Morgan fingerprint density at radius 3 is 2.76 bits per heavy atom. The van der Waals surface area contributed by atoms with Gasteiger partial charge < -0.3 is 9.30 Å². The lowest BCUT2D eigenvalue weighted by molar-refractivity contribution is 0.0522. The summed E-state index contributed by atoms with van der Waals surface area (Å²) in [5, 5.41) is 4.87. The highest BCUT2D eigenvalue weighted by Gasteiger charge is 2.36. The van der Waals surface area contributed by atoms with Crippen molar-refractivity contribution in [1.29, 1.82) is 0 Å². The van der Waals surface area contributed by atoms with Crippen molar-refractivity contribution >= 4 is 33.5 Å². The Hall–Kier alpha value is -1.60. The van der Waals surface area contributed by atoms with Crippen molar-refractivity contribution < 1.29 is 9.53 Å². The zero-order valence-electron chi connectivity index (χ0n) is 14.5. The average molecular weight is 429 g/mol. The van der Waals surface area contributed by atoms with Crippen LogP contribution in [0.4, 0.5) is 0 Å². The predicted octanol–water partition coefficient (Wildman–Crippen LogP) is 3.91. The molecule has 0 saturated carbocycles. The largest absolute Gasteiger partial charge is 0.462 e. The molecule has 0 amide bonds. The Labute approximate surface area is 158 Å². The second-order valence-electron chi connectivity index (χ2n) is 7.08. The van der Waals surface area contributed by atoms with E-state index in [0.717, 1.165) is 0 Å². The van der Waals surface area contributed by atoms with Crippen molar-refractivity contribution in [2.24, 2.45) is 5.41 Å². The van der Waals surface area contributed by atoms with E-state index in [2.05, 4.69) is 41.8 Å². The Morgan fingerprint density at radius 1 is 1.48 bits per heavy atom. The monoisotopic (exact) mass is 427 g/mol. The Balaban J connectivity index is 2.28. The molecule has 8 heteroatoms. The number of aromatic nitrogens is 3. The maximum absolute atomic E-state index is 12.5. The van der Waals surface area contributed by atoms with Crippen molar-refractivity contribution in [3.63, 3.8) is 0 Å². The highest BCUT2D eigenvalue weighted by molar-refractivity contribution is 9.10. The van der Waals surface area contributed by atoms with Crippen molar-refractivity contribution in [1.82, 2.24) is 14.3 Å². The molecule has 134 valence electrons. The lowest BCUT2D eigenvalue weighted by Crippen LogP contribution is -2.35. The number of esters is 1. The number of carbonyl (C=O) groups excluding carboxylic acids is 1. The molecule has 1 aliphatic heterocycles. The topological polar surface area (TPSA) is 66.1 Å². The number of rotatable bonds is 2. The minimum atomic E-state index is -0.609. The summed E-state index contributed by atoms with van der Waals surface area (Å²) < 4.78 is 9.30. The molecule has 0 unspecified atom stereocenters. The van der Waals surface area contributed by atoms with E-state index in [-0.39, 0.29) is 29.1 Å². The van der Waals surface area contributed by atoms with Crippen LogP contribution >= 0.6 is 27.5 Å². The molecule has 2 aromatic heterocycles. The molecule has 0 bridgehead atoms. The standard InChI is InChI=1S/C17H19BrClN3O3/c1-5-25-16(24)9-7-21-10(6-11(9)23)14-13(19)15(18)20-22(14)8-12(21)17(2,3)4/h6-7,12H,5,8H2,1-4H3/t12-/m0/s1. The fourth-order valence-electron chi connectivity index (χ4n) is 3.09. The molecule has 0 fully saturated rings. The fourth-order valence-corrected chi connectivity index (χ4v) is 3.70. The number of halogens is 2. The van der Waals surface area contributed by atoms with Gasteiger partial charge in [0.25, 0.3) is 0 Å². The normalized spacial score (nSPS) is 16.3. The van der Waals surface area contributed by atoms with Gasteiger partial charge in [0.15, 0.2) is 5.43 Å². The van der Waals surface area contributed by atoms with Crippen molar-refractivity contribution in [3.8, 4) is 11.4 Å². The summed E-state index contributed by atoms with van der Waals surface area (Å²) in [5.74, 6) is -0.609. The van der Waals surface area contributed by atoms with Gasteiger partial charge in [0.05, 0.1) is 24.9 Å². The van der Waals surface area contributed by atoms with E-state index >= 15 is 0 Å². The predicted molar refractivity (Wildman–Crippen MR) is 99.1 cm³/mol. The van der Waals surface area contributed by atoms with Crippen molar-refractivity contribution in [3.05, 3.63) is 37.7 Å². The van der Waals surface area contributed by atoms with Gasteiger partial charge in [-0.1, -0.05) is 32.4 Å². The molecule has 6 nitrogen and oxygen atoms in total. The lowest BCUT2D eigenvalue weighted by Gasteiger charge is -2.38. The van der Waals surface area contributed by atoms with E-state index in [1.54, 1.807) is 17.8 Å². The van der Waals surface area contributed by atoms with E-state index in [4.69, 9.17) is 16.3 Å². The Bertz CT molecular complexity index is 911. The first-order chi connectivity index (χ1) is 11.6. The Morgan fingerprint density at radius 2 is 2.16 bits per heavy atom. The minimum absolute atomic E-state index is 0.00774. The molecule has 0 aliphatic carbocycles. The van der Waals surface area contributed by atoms with Crippen molar-refractivity contribution in [2.45, 2.75) is 40.3 Å². The first-order valence-corrected chi connectivity index (χ1v) is 9.17. The molecule has 3 heterocycles. The summed E-state index contributed by atoms with van der Waals surface area (Å²) in [6, 6.07) is 1.43. The minimum Gasteiger partial charge on any atom is -0.462 e. The number of hydrogen-bond donors (Lipinski definition) is 0. The van der Waals surface area contributed by atoms with E-state index in [1.807, 2.05) is 4.57 Å². The summed E-state index contributed by atoms with van der Waals surface area (Å²) in [6.07, 6.45) is 1.59. The van der Waals surface area contributed by atoms with Crippen LogP contribution in [0.1, 0.15) is 44.1 Å². The van der Waals surface area contributed by atoms with Gasteiger partial charge in [-0.3, -0.25) is 9.48 Å². The van der Waals surface area contributed by atoms with Crippen LogP contribution in [0.15, 0.2) is 21.7 Å². The van der Waals surface area contributed by atoms with Gasteiger partial charge in [-0.25, -0.2) is 4.79 Å². The lowest BCUT2D eigenvalue weighted by atomic mass is 9.85. The van der Waals surface area contributed by atoms with Gasteiger partial charge in [-0.05, 0) is 28.3 Å². The van der Waals surface area contributed by atoms with Crippen LogP contribution in [0.3, 0.4) is 0 Å². The van der Waals surface area contributed by atoms with Crippen molar-refractivity contribution in [2.75, 3.05) is 6.61 Å². The van der Waals surface area contributed by atoms with Gasteiger partial charge in [0.1, 0.15) is 20.9 Å². The molecule has 2 aromatic rings. The van der Waals surface area contributed by atoms with Crippen LogP contribution in [0.5, 0.6) is 0 Å². The molecule has 0 N–H and O–H groups in total. The highest BCUT2D eigenvalue weighted by atomic mass is 79.9. The summed E-state index contributed by atoms with van der Waals surface area (Å²) in [6.45, 7) is 8.83. The number of nitrogens with zero attached hydrogens (tertiary/aromatic N) is 3. The second-order valence-corrected chi connectivity index (χ2v) is 8.21. The van der Waals surface area contributed by atoms with Gasteiger partial charge in [-0.2, -0.15) is 5.10 Å². The first kappa shape index (κ1) is 18.2. The molecule has 25 heavy (non-hydrogen) atoms. The second kappa shape index (κ2) is 6.29. The number of pyridine rings is 1. The third-order valence-electron chi connectivity index (χ3n) is 4.35. The van der Waals surface area contributed by atoms with Crippen LogP contribution in [-0.4, -0.2) is 26.9 Å². The molecule has 1 atom stereocenters. The zero-order valence-corrected chi connectivity index (χ0v) is 16.8. The third kappa shape index (κ3) is 3.04. The van der Waals surface area contributed by atoms with Crippen LogP contribution in [0, 0.1) is 5.41 Å². The molecule has 3 rings (SSSR count). The molecule has 0 aromatic carbocycles. The van der Waals surface area contributed by atoms with Crippen LogP contribution in [-0.2, 0) is 11.3 Å². The fraction of sp³-hybridized carbons (Fsp3) is 0.471. The molecule has 1 aliphatic rings. The highest BCUT2D eigenvalue weighted by Crippen LogP contribution is 2.43. The van der Waals surface area contributed by atoms with Gasteiger partial charge in [-0.15, -0.1) is 0 Å². The molecular weight excluding hydrogens is 410 g/mol. The molecule has 0 radical (unpaired) electrons. The van der Waals surface area contributed by atoms with Gasteiger partial charge >= 0.3 is 5.97 Å². The van der Waals surface area contributed by atoms with E-state index in [1.165, 1.54) is 6.07 Å². The van der Waals surface area contributed by atoms with Gasteiger partial charge in [0.2, 0.25) is 0 Å². The van der Waals surface area contributed by atoms with Crippen LogP contribution in [0.25, 0.3) is 11.4 Å². The Kier molecular flexibility index (Phi) is 4.58. The van der Waals surface area contributed by atoms with Crippen LogP contribution in [0.2, 0.25) is 5.02 Å². The number of hydrogen-bond acceptors (Lipinski definition) is 4. The maximum atomic E-state index is 12.5. The smallest absolute Gasteiger partial charge is 0.343 e. The van der Waals surface area contributed by atoms with Crippen LogP contribution < -0.4 is 5.43 Å². The zero-order chi connectivity index (χ0) is 18.5. The third-order valence-corrected chi connectivity index (χ3v) is 5.50. The van der Waals surface area contributed by atoms with E-state index in [0.29, 0.717) is 27.6 Å². The molecule has 0 spiro atoms. The first-order valence-electron chi connectivity index (χ1n) is 8.00. The summed E-state index contributed by atoms with van der Waals surface area (Å²) >= 11 is 9.73. The van der Waals surface area contributed by atoms with E-state index in [9.17, 15) is 9.59 Å².